The molecule has 45 heavy (non-hydrogen) atoms. The number of hydrogen-bond acceptors (Lipinski definition) is 4. The van der Waals surface area contributed by atoms with E-state index in [9.17, 15) is 39.9 Å². The lowest BCUT2D eigenvalue weighted by Gasteiger charge is -2.38. The number of fused-ring (bicyclic) bond motifs is 1. The number of ether oxygens (including phenoxy) is 3. The van der Waals surface area contributed by atoms with Crippen LogP contribution in [-0.2, 0) is 12.0 Å². The molecule has 1 atom stereocenters. The number of rotatable bonds is 9. The van der Waals surface area contributed by atoms with Gasteiger partial charge in [0.2, 0.25) is 0 Å². The summed E-state index contributed by atoms with van der Waals surface area (Å²) in [5, 5.41) is 5.44. The van der Waals surface area contributed by atoms with Crippen LogP contribution in [0.5, 0.6) is 17.2 Å². The minimum absolute atomic E-state index is 0.173. The predicted molar refractivity (Wildman–Crippen MR) is 140 cm³/mol. The van der Waals surface area contributed by atoms with E-state index in [0.717, 1.165) is 43.2 Å². The van der Waals surface area contributed by atoms with Gasteiger partial charge in [0.1, 0.15) is 11.6 Å². The fourth-order valence-electron chi connectivity index (χ4n) is 5.35. The third kappa shape index (κ3) is 6.71. The van der Waals surface area contributed by atoms with E-state index in [-0.39, 0.29) is 23.6 Å². The van der Waals surface area contributed by atoms with Gasteiger partial charge in [0.25, 0.3) is 0 Å². The second-order valence-electron chi connectivity index (χ2n) is 10.7. The fourth-order valence-corrected chi connectivity index (χ4v) is 5.35. The first-order valence-corrected chi connectivity index (χ1v) is 13.7. The highest BCUT2D eigenvalue weighted by Gasteiger charge is 2.66. The van der Waals surface area contributed by atoms with Gasteiger partial charge in [-0.2, -0.15) is 35.1 Å². The summed E-state index contributed by atoms with van der Waals surface area (Å²) in [6, 6.07) is 11.7. The van der Waals surface area contributed by atoms with Crippen molar-refractivity contribution < 1.29 is 58.5 Å². The molecule has 0 radical (unpaired) electrons. The lowest BCUT2D eigenvalue weighted by molar-refractivity contribution is -0.391. The number of benzene rings is 3. The second kappa shape index (κ2) is 11.9. The third-order valence-corrected chi connectivity index (χ3v) is 7.45. The van der Waals surface area contributed by atoms with E-state index in [1.54, 1.807) is 30.3 Å². The highest BCUT2D eigenvalue weighted by molar-refractivity contribution is 5.77. The monoisotopic (exact) mass is 648 g/mol. The van der Waals surface area contributed by atoms with Gasteiger partial charge in [0, 0.05) is 18.5 Å². The van der Waals surface area contributed by atoms with Gasteiger partial charge in [-0.25, -0.2) is 9.18 Å². The number of amides is 2. The molecule has 2 aliphatic rings. The molecule has 0 saturated heterocycles. The summed E-state index contributed by atoms with van der Waals surface area (Å²) in [6.07, 6.45) is -16.9. The Kier molecular flexibility index (Phi) is 8.49. The number of carbonyl (C=O) groups is 1. The number of alkyl halides is 8. The molecule has 1 heterocycles. The van der Waals surface area contributed by atoms with Crippen LogP contribution in [0.1, 0.15) is 42.4 Å². The zero-order chi connectivity index (χ0) is 32.6. The number of halogens is 9. The Bertz CT molecular complexity index is 1540. The van der Waals surface area contributed by atoms with Crippen molar-refractivity contribution in [1.82, 2.24) is 10.6 Å². The smallest absolute Gasteiger partial charge is 0.428 e. The molecule has 1 fully saturated rings. The first kappa shape index (κ1) is 32.1. The van der Waals surface area contributed by atoms with E-state index in [4.69, 9.17) is 0 Å². The van der Waals surface area contributed by atoms with Gasteiger partial charge in [-0.3, -0.25) is 0 Å². The first-order valence-electron chi connectivity index (χ1n) is 13.7. The van der Waals surface area contributed by atoms with Crippen LogP contribution >= 0.6 is 0 Å². The molecule has 1 unspecified atom stereocenters. The van der Waals surface area contributed by atoms with E-state index in [1.165, 1.54) is 0 Å². The van der Waals surface area contributed by atoms with Crippen molar-refractivity contribution in [3.63, 3.8) is 0 Å². The number of nitrogens with one attached hydrogen (secondary N) is 2. The van der Waals surface area contributed by atoms with E-state index >= 15 is 4.39 Å². The maximum Gasteiger partial charge on any atom is 0.507 e. The molecule has 0 spiro atoms. The molecule has 3 aromatic carbocycles. The topological polar surface area (TPSA) is 68.8 Å². The highest BCUT2D eigenvalue weighted by Crippen LogP contribution is 2.49. The van der Waals surface area contributed by atoms with Crippen molar-refractivity contribution in [2.45, 2.75) is 68.4 Å². The molecule has 2 amide bonds. The second-order valence-corrected chi connectivity index (χ2v) is 10.7. The molecule has 2 N–H and O–H groups in total. The van der Waals surface area contributed by atoms with E-state index in [2.05, 4.69) is 24.8 Å². The molecule has 0 bridgehead atoms. The van der Waals surface area contributed by atoms with Gasteiger partial charge < -0.3 is 24.8 Å². The van der Waals surface area contributed by atoms with Crippen molar-refractivity contribution in [3.05, 3.63) is 89.2 Å². The molecular formula is C30H25F9N2O4. The van der Waals surface area contributed by atoms with Crippen LogP contribution in [-0.4, -0.2) is 36.8 Å². The van der Waals surface area contributed by atoms with Gasteiger partial charge in [-0.15, -0.1) is 0 Å². The summed E-state index contributed by atoms with van der Waals surface area (Å²) in [7, 11) is 0. The Balaban J connectivity index is 1.70. The highest BCUT2D eigenvalue weighted by atomic mass is 19.3. The summed E-state index contributed by atoms with van der Waals surface area (Å²) in [4.78, 5) is 13.5. The zero-order valence-electron chi connectivity index (χ0n) is 23.1. The molecule has 1 aliphatic carbocycles. The largest absolute Gasteiger partial charge is 0.507 e. The molecule has 1 aliphatic heterocycles. The van der Waals surface area contributed by atoms with Gasteiger partial charge in [-0.05, 0) is 53.8 Å². The van der Waals surface area contributed by atoms with Crippen LogP contribution in [0.25, 0.3) is 0 Å². The molecule has 5 rings (SSSR count). The van der Waals surface area contributed by atoms with Crippen molar-refractivity contribution in [2.24, 2.45) is 0 Å². The molecule has 3 aromatic rings. The minimum Gasteiger partial charge on any atom is -0.428 e. The van der Waals surface area contributed by atoms with Crippen molar-refractivity contribution in [1.29, 1.82) is 0 Å². The summed E-state index contributed by atoms with van der Waals surface area (Å²) in [5.41, 5.74) is -2.14. The molecule has 15 heteroatoms. The van der Waals surface area contributed by atoms with Crippen molar-refractivity contribution in [2.75, 3.05) is 0 Å². The summed E-state index contributed by atoms with van der Waals surface area (Å²) < 4.78 is 137. The van der Waals surface area contributed by atoms with Gasteiger partial charge in [0.15, 0.2) is 11.5 Å². The van der Waals surface area contributed by atoms with Crippen LogP contribution in [0.3, 0.4) is 0 Å². The van der Waals surface area contributed by atoms with Gasteiger partial charge >= 0.3 is 30.8 Å². The summed E-state index contributed by atoms with van der Waals surface area (Å²) in [6.45, 7) is 0. The Morgan fingerprint density at radius 2 is 1.53 bits per heavy atom. The van der Waals surface area contributed by atoms with E-state index < -0.39 is 59.4 Å². The Morgan fingerprint density at radius 3 is 2.18 bits per heavy atom. The summed E-state index contributed by atoms with van der Waals surface area (Å²) in [5.74, 6) is -3.96. The Labute approximate surface area is 250 Å². The van der Waals surface area contributed by atoms with Crippen LogP contribution in [0.4, 0.5) is 44.3 Å². The SMILES string of the molecule is O=C(NC1CCCC1)NC(Cc1ccccc1)(c1cc(F)cc(OC(F)(F)C(F)F)c1)c1ccc2c(c1)OC(F)(F)C(F)(F)O2. The minimum atomic E-state index is -5.12. The quantitative estimate of drug-likeness (QED) is 0.233. The number of carbonyl (C=O) groups excluding carboxylic acids is 1. The summed E-state index contributed by atoms with van der Waals surface area (Å²) >= 11 is 0. The standard InChI is InChI=1S/C30H25F9N2O4/c31-20-12-19(13-22(15-20)43-28(34,35)25(32)33)27(16-17-6-2-1-3-7-17,41-26(42)40-21-8-4-5-9-21)18-10-11-23-24(14-18)45-30(38,39)29(36,37)44-23/h1-3,6-7,10-15,21,25H,4-5,8-9,16H2,(H2,40,41,42). The average molecular weight is 649 g/mol. The normalized spacial score (nSPS) is 18.7. The Hall–Kier alpha value is -4.30. The average Bonchev–Trinajstić information content (AvgIpc) is 3.45. The van der Waals surface area contributed by atoms with Crippen LogP contribution < -0.4 is 24.8 Å². The molecule has 0 aromatic heterocycles. The van der Waals surface area contributed by atoms with Crippen LogP contribution in [0.2, 0.25) is 0 Å². The van der Waals surface area contributed by atoms with Crippen molar-refractivity contribution >= 4 is 6.03 Å². The first-order chi connectivity index (χ1) is 21.1. The van der Waals surface area contributed by atoms with Crippen LogP contribution in [0.15, 0.2) is 66.7 Å². The molecule has 1 saturated carbocycles. The third-order valence-electron chi connectivity index (χ3n) is 7.45. The lowest BCUT2D eigenvalue weighted by atomic mass is 9.77. The number of urea groups is 1. The lowest BCUT2D eigenvalue weighted by Crippen LogP contribution is -2.54. The molecule has 6 nitrogen and oxygen atoms in total. The fraction of sp³-hybridized carbons (Fsp3) is 0.367. The van der Waals surface area contributed by atoms with Crippen LogP contribution in [0, 0.1) is 5.82 Å². The van der Waals surface area contributed by atoms with Gasteiger partial charge in [-0.1, -0.05) is 49.2 Å². The van der Waals surface area contributed by atoms with E-state index in [1.807, 2.05) is 0 Å². The number of hydrogen-bond donors (Lipinski definition) is 2. The molecule has 242 valence electrons. The van der Waals surface area contributed by atoms with E-state index in [0.29, 0.717) is 24.5 Å². The molecular weight excluding hydrogens is 623 g/mol. The van der Waals surface area contributed by atoms with Gasteiger partial charge in [0.05, 0.1) is 5.54 Å². The predicted octanol–water partition coefficient (Wildman–Crippen LogP) is 7.75. The van der Waals surface area contributed by atoms with Crippen molar-refractivity contribution in [3.8, 4) is 17.2 Å². The zero-order valence-corrected chi connectivity index (χ0v) is 23.1. The maximum absolute atomic E-state index is 15.0. The Morgan fingerprint density at radius 1 is 0.889 bits per heavy atom. The maximum atomic E-state index is 15.0.